The van der Waals surface area contributed by atoms with E-state index < -0.39 is 82.5 Å². The molecule has 0 radical (unpaired) electrons. The highest BCUT2D eigenvalue weighted by molar-refractivity contribution is 5.89. The molecule has 16 atom stereocenters. The minimum Gasteiger partial charge on any atom is -0.461 e. The van der Waals surface area contributed by atoms with Crippen LogP contribution in [0.15, 0.2) is 42.5 Å². The van der Waals surface area contributed by atoms with Gasteiger partial charge in [0.25, 0.3) is 0 Å². The zero-order valence-corrected chi connectivity index (χ0v) is 27.0. The Hall–Kier alpha value is -3.24. The molecular formula is C36H43NO9. The zero-order chi connectivity index (χ0) is 32.7. The molecule has 9 fully saturated rings. The van der Waals surface area contributed by atoms with Gasteiger partial charge in [-0.25, -0.2) is 4.79 Å². The third kappa shape index (κ3) is 3.40. The number of ether oxygens (including phenoxy) is 4. The third-order valence-electron chi connectivity index (χ3n) is 13.5. The molecule has 9 bridgehead atoms. The molecule has 6 aliphatic carbocycles. The highest BCUT2D eigenvalue weighted by atomic mass is 16.6. The van der Waals surface area contributed by atoms with Gasteiger partial charge in [-0.3, -0.25) is 19.3 Å². The van der Waals surface area contributed by atoms with Crippen molar-refractivity contribution in [3.05, 3.63) is 48.0 Å². The first-order chi connectivity index (χ1) is 21.8. The number of hydrogen-bond donors (Lipinski definition) is 1. The summed E-state index contributed by atoms with van der Waals surface area (Å²) in [6.45, 7) is 13.5. The fraction of sp³-hybridized carbons (Fsp3) is 0.667. The Labute approximate surface area is 268 Å². The number of aliphatic hydroxyl groups excluding tert-OH is 1. The van der Waals surface area contributed by atoms with Crippen molar-refractivity contribution in [3.63, 3.8) is 0 Å². The predicted octanol–water partition coefficient (Wildman–Crippen LogP) is 3.31. The molecule has 1 aromatic rings. The van der Waals surface area contributed by atoms with Crippen LogP contribution in [-0.2, 0) is 33.3 Å². The molecule has 10 heteroatoms. The van der Waals surface area contributed by atoms with Crippen LogP contribution in [0.3, 0.4) is 0 Å². The number of aliphatic hydroxyl groups is 1. The third-order valence-corrected chi connectivity index (χ3v) is 13.5. The summed E-state index contributed by atoms with van der Waals surface area (Å²) in [4.78, 5) is 55.4. The molecule has 0 aromatic heterocycles. The molecule has 3 heterocycles. The van der Waals surface area contributed by atoms with Gasteiger partial charge >= 0.3 is 23.9 Å². The van der Waals surface area contributed by atoms with E-state index in [1.165, 1.54) is 13.8 Å². The average molecular weight is 634 g/mol. The fourth-order valence-corrected chi connectivity index (χ4v) is 12.5. The second kappa shape index (κ2) is 9.66. The van der Waals surface area contributed by atoms with Crippen molar-refractivity contribution in [2.75, 3.05) is 6.54 Å². The molecule has 0 amide bonds. The van der Waals surface area contributed by atoms with E-state index in [0.717, 1.165) is 12.0 Å². The summed E-state index contributed by atoms with van der Waals surface area (Å²) in [6, 6.07) is 8.74. The number of benzene rings is 1. The van der Waals surface area contributed by atoms with Gasteiger partial charge in [0.05, 0.1) is 17.4 Å². The maximum atomic E-state index is 13.7. The smallest absolute Gasteiger partial charge is 0.338 e. The van der Waals surface area contributed by atoms with Gasteiger partial charge in [0, 0.05) is 55.1 Å². The van der Waals surface area contributed by atoms with Crippen molar-refractivity contribution < 1.29 is 43.2 Å². The number of hydrogen-bond acceptors (Lipinski definition) is 10. The summed E-state index contributed by atoms with van der Waals surface area (Å²) in [5.74, 6) is -3.30. The number of fused-ring (bicyclic) bond motifs is 1. The molecule has 1 aromatic carbocycles. The first-order valence-electron chi connectivity index (χ1n) is 16.7. The van der Waals surface area contributed by atoms with Gasteiger partial charge in [-0.15, -0.1) is 0 Å². The van der Waals surface area contributed by atoms with Crippen molar-refractivity contribution in [1.29, 1.82) is 0 Å². The van der Waals surface area contributed by atoms with Crippen LogP contribution >= 0.6 is 0 Å². The van der Waals surface area contributed by atoms with Crippen molar-refractivity contribution in [3.8, 4) is 0 Å². The van der Waals surface area contributed by atoms with E-state index in [2.05, 4.69) is 18.4 Å². The zero-order valence-electron chi connectivity index (χ0n) is 27.0. The Balaban J connectivity index is 1.33. The molecule has 6 saturated carbocycles. The second-order valence-electron chi connectivity index (χ2n) is 15.5. The number of carbonyl (C=O) groups excluding carboxylic acids is 4. The van der Waals surface area contributed by atoms with E-state index >= 15 is 0 Å². The standard InChI is InChI=1S/C36H43NO9/c1-7-16(2)32(41)46-26-30(40)34(6)15-37-21-14-35-13-17(3)22-24(45-33(42)20-11-9-8-10-12-20)23(35)29(37)36(27(21)34,31(26)44-19(5)39)28(35)25(22)43-18(4)38/h8-12,16,21-31,40H,3,7,13-15H2,1-2,4-6H3/t16?,21-,22-,23+,24?,25+,26-,27+,28+,29+,30+,31+,34+,35-,36+/m0/s1. The van der Waals surface area contributed by atoms with Crippen LogP contribution in [0.5, 0.6) is 0 Å². The van der Waals surface area contributed by atoms with Crippen molar-refractivity contribution in [1.82, 2.24) is 4.90 Å². The molecule has 3 saturated heterocycles. The molecular weight excluding hydrogens is 590 g/mol. The predicted molar refractivity (Wildman–Crippen MR) is 162 cm³/mol. The van der Waals surface area contributed by atoms with E-state index in [0.29, 0.717) is 24.9 Å². The lowest BCUT2D eigenvalue weighted by Gasteiger charge is -2.67. The van der Waals surface area contributed by atoms with Gasteiger partial charge in [-0.05, 0) is 42.7 Å². The molecule has 246 valence electrons. The molecule has 10 rings (SSSR count). The summed E-state index contributed by atoms with van der Waals surface area (Å²) in [5, 5.41) is 12.1. The number of rotatable bonds is 7. The van der Waals surface area contributed by atoms with E-state index in [1.54, 1.807) is 31.2 Å². The van der Waals surface area contributed by atoms with Crippen LogP contribution in [0.4, 0.5) is 0 Å². The molecule has 1 N–H and O–H groups in total. The Kier molecular flexibility index (Phi) is 6.32. The normalized spacial score (nSPS) is 48.6. The lowest BCUT2D eigenvalue weighted by atomic mass is 9.38. The van der Waals surface area contributed by atoms with Crippen LogP contribution < -0.4 is 0 Å². The van der Waals surface area contributed by atoms with Crippen LogP contribution in [0.2, 0.25) is 0 Å². The van der Waals surface area contributed by atoms with Crippen molar-refractivity contribution in [2.45, 2.75) is 96.5 Å². The Morgan fingerprint density at radius 2 is 1.70 bits per heavy atom. The van der Waals surface area contributed by atoms with Gasteiger partial charge in [-0.1, -0.05) is 51.1 Å². The highest BCUT2D eigenvalue weighted by Crippen LogP contribution is 2.87. The van der Waals surface area contributed by atoms with Crippen molar-refractivity contribution in [2.24, 2.45) is 45.8 Å². The summed E-state index contributed by atoms with van der Waals surface area (Å²) >= 11 is 0. The summed E-state index contributed by atoms with van der Waals surface area (Å²) in [5.41, 5.74) is -0.618. The van der Waals surface area contributed by atoms with Crippen LogP contribution in [-0.4, -0.2) is 83.0 Å². The van der Waals surface area contributed by atoms with Crippen LogP contribution in [0.25, 0.3) is 0 Å². The van der Waals surface area contributed by atoms with Crippen LogP contribution in [0.1, 0.15) is 64.2 Å². The quantitative estimate of drug-likeness (QED) is 0.271. The SMILES string of the molecule is C=C1C[C@]23C[C@H]4[C@@H]5[C@@]6(C)CN4[C@@H]4[C@H]2C(OC(=O)c2ccccc2)[C@H]1[C@@H](OC(C)=O)[C@H]3[C@]54[C@H](OC(C)=O)[C@@H](OC(=O)C(C)CC)[C@H]6O. The Bertz CT molecular complexity index is 1540. The summed E-state index contributed by atoms with van der Waals surface area (Å²) < 4.78 is 25.3. The first-order valence-corrected chi connectivity index (χ1v) is 16.7. The van der Waals surface area contributed by atoms with Gasteiger partial charge in [0.2, 0.25) is 0 Å². The molecule has 9 aliphatic rings. The summed E-state index contributed by atoms with van der Waals surface area (Å²) in [7, 11) is 0. The van der Waals surface area contributed by atoms with E-state index in [9.17, 15) is 24.3 Å². The minimum atomic E-state index is -1.10. The lowest BCUT2D eigenvalue weighted by molar-refractivity contribution is -0.282. The molecule has 3 aliphatic heterocycles. The number of carbonyl (C=O) groups is 4. The molecule has 46 heavy (non-hydrogen) atoms. The maximum absolute atomic E-state index is 13.7. The van der Waals surface area contributed by atoms with E-state index in [1.807, 2.05) is 13.0 Å². The molecule has 10 nitrogen and oxygen atoms in total. The topological polar surface area (TPSA) is 129 Å². The number of esters is 4. The Morgan fingerprint density at radius 1 is 1.00 bits per heavy atom. The molecule has 3 unspecified atom stereocenters. The lowest BCUT2D eigenvalue weighted by Crippen LogP contribution is -2.75. The first kappa shape index (κ1) is 30.1. The summed E-state index contributed by atoms with van der Waals surface area (Å²) in [6.07, 6.45) is -2.47. The van der Waals surface area contributed by atoms with E-state index in [-0.39, 0.29) is 29.8 Å². The number of nitrogens with zero attached hydrogens (tertiary/aromatic N) is 1. The number of piperidine rings is 2. The minimum absolute atomic E-state index is 0.0762. The molecule has 2 spiro atoms. The average Bonchev–Trinajstić information content (AvgIpc) is 3.46. The second-order valence-corrected chi connectivity index (χ2v) is 15.5. The van der Waals surface area contributed by atoms with Gasteiger partial charge in [0.1, 0.15) is 24.4 Å². The van der Waals surface area contributed by atoms with Crippen molar-refractivity contribution >= 4 is 23.9 Å². The maximum Gasteiger partial charge on any atom is 0.338 e. The largest absolute Gasteiger partial charge is 0.461 e. The monoisotopic (exact) mass is 633 g/mol. The Morgan fingerprint density at radius 3 is 2.35 bits per heavy atom. The van der Waals surface area contributed by atoms with Gasteiger partial charge in [0.15, 0.2) is 6.10 Å². The van der Waals surface area contributed by atoms with Gasteiger partial charge < -0.3 is 24.1 Å². The highest BCUT2D eigenvalue weighted by Gasteiger charge is 2.95. The van der Waals surface area contributed by atoms with Crippen LogP contribution in [0, 0.1) is 45.8 Å². The van der Waals surface area contributed by atoms with Gasteiger partial charge in [-0.2, -0.15) is 0 Å². The van der Waals surface area contributed by atoms with E-state index in [4.69, 9.17) is 18.9 Å². The fourth-order valence-electron chi connectivity index (χ4n) is 12.5.